The first-order chi connectivity index (χ1) is 4.33. The minimum atomic E-state index is 0. The third-order valence-corrected chi connectivity index (χ3v) is 1.53. The maximum absolute atomic E-state index is 10.1. The minimum absolute atomic E-state index is 0. The molecule has 0 saturated heterocycles. The van der Waals surface area contributed by atoms with Crippen LogP contribution in [-0.4, -0.2) is 6.29 Å². The molecule has 0 amide bonds. The third kappa shape index (κ3) is 2.50. The van der Waals surface area contributed by atoms with Gasteiger partial charge in [0.05, 0.1) is 0 Å². The molecule has 0 spiro atoms. The van der Waals surface area contributed by atoms with E-state index in [0.717, 1.165) is 10.8 Å². The summed E-state index contributed by atoms with van der Waals surface area (Å²) in [5.41, 5.74) is 0.707. The Balaban J connectivity index is 0.000000810. The molecule has 0 aromatic heterocycles. The van der Waals surface area contributed by atoms with Gasteiger partial charge in [-0.1, -0.05) is 28.1 Å². The van der Waals surface area contributed by atoms with Crippen molar-refractivity contribution in [3.8, 4) is 0 Å². The van der Waals surface area contributed by atoms with Crippen LogP contribution in [0, 0.1) is 0 Å². The molecule has 0 bridgehead atoms. The molecule has 3 heteroatoms. The first kappa shape index (κ1) is 9.66. The van der Waals surface area contributed by atoms with Gasteiger partial charge in [0.25, 0.3) is 0 Å². The van der Waals surface area contributed by atoms with Gasteiger partial charge in [0.15, 0.2) is 0 Å². The SMILES string of the molecule is Cl.O=Cc1ccc(Br)cc1. The number of rotatable bonds is 1. The summed E-state index contributed by atoms with van der Waals surface area (Å²) in [5.74, 6) is 0. The maximum atomic E-state index is 10.1. The Morgan fingerprint density at radius 1 is 1.20 bits per heavy atom. The fourth-order valence-corrected chi connectivity index (χ4v) is 0.806. The molecule has 1 rings (SSSR count). The van der Waals surface area contributed by atoms with Gasteiger partial charge >= 0.3 is 0 Å². The summed E-state index contributed by atoms with van der Waals surface area (Å²) in [6.45, 7) is 0. The molecule has 1 aromatic carbocycles. The molecule has 0 fully saturated rings. The standard InChI is InChI=1S/C7H5BrO.ClH/c8-7-3-1-6(5-9)2-4-7;/h1-5H;1H. The molecule has 0 aliphatic rings. The average Bonchev–Trinajstić information content (AvgIpc) is 1.90. The summed E-state index contributed by atoms with van der Waals surface area (Å²) in [6.07, 6.45) is 0.826. The van der Waals surface area contributed by atoms with Crippen LogP contribution in [0.25, 0.3) is 0 Å². The van der Waals surface area contributed by atoms with E-state index in [9.17, 15) is 4.79 Å². The lowest BCUT2D eigenvalue weighted by Crippen LogP contribution is -1.75. The molecule has 10 heavy (non-hydrogen) atoms. The zero-order valence-electron chi connectivity index (χ0n) is 5.08. The molecule has 0 unspecified atom stereocenters. The molecule has 0 N–H and O–H groups in total. The summed E-state index contributed by atoms with van der Waals surface area (Å²) in [5, 5.41) is 0. The van der Waals surface area contributed by atoms with E-state index in [1.54, 1.807) is 12.1 Å². The molecule has 54 valence electrons. The number of carbonyl (C=O) groups excluding carboxylic acids is 1. The lowest BCUT2D eigenvalue weighted by atomic mass is 10.2. The van der Waals surface area contributed by atoms with Crippen molar-refractivity contribution in [2.45, 2.75) is 0 Å². The van der Waals surface area contributed by atoms with Crippen LogP contribution in [0.2, 0.25) is 0 Å². The minimum Gasteiger partial charge on any atom is -0.298 e. The van der Waals surface area contributed by atoms with Crippen molar-refractivity contribution in [1.82, 2.24) is 0 Å². The van der Waals surface area contributed by atoms with Crippen molar-refractivity contribution >= 4 is 34.6 Å². The normalized spacial score (nSPS) is 8.10. The second-order valence-electron chi connectivity index (χ2n) is 1.67. The van der Waals surface area contributed by atoms with E-state index in [0.29, 0.717) is 5.56 Å². The monoisotopic (exact) mass is 220 g/mol. The summed E-state index contributed by atoms with van der Waals surface area (Å²) >= 11 is 3.26. The predicted molar refractivity (Wildman–Crippen MR) is 46.8 cm³/mol. The first-order valence-corrected chi connectivity index (χ1v) is 3.33. The lowest BCUT2D eigenvalue weighted by molar-refractivity contribution is 0.112. The smallest absolute Gasteiger partial charge is 0.150 e. The van der Waals surface area contributed by atoms with Crippen LogP contribution < -0.4 is 0 Å². The van der Waals surface area contributed by atoms with Gasteiger partial charge in [0.1, 0.15) is 6.29 Å². The largest absolute Gasteiger partial charge is 0.298 e. The van der Waals surface area contributed by atoms with Crippen LogP contribution in [0.15, 0.2) is 28.7 Å². The zero-order valence-corrected chi connectivity index (χ0v) is 7.48. The highest BCUT2D eigenvalue weighted by Crippen LogP contribution is 2.08. The van der Waals surface area contributed by atoms with E-state index in [-0.39, 0.29) is 12.4 Å². The quantitative estimate of drug-likeness (QED) is 0.667. The van der Waals surface area contributed by atoms with E-state index in [1.165, 1.54) is 0 Å². The Labute approximate surface area is 74.0 Å². The molecule has 0 atom stereocenters. The topological polar surface area (TPSA) is 17.1 Å². The Hall–Kier alpha value is -0.340. The van der Waals surface area contributed by atoms with Crippen LogP contribution >= 0.6 is 28.3 Å². The van der Waals surface area contributed by atoms with Crippen molar-refractivity contribution in [1.29, 1.82) is 0 Å². The Kier molecular flexibility index (Phi) is 4.32. The van der Waals surface area contributed by atoms with E-state index in [1.807, 2.05) is 12.1 Å². The molecule has 0 radical (unpaired) electrons. The number of hydrogen-bond acceptors (Lipinski definition) is 1. The molecule has 0 aliphatic heterocycles. The van der Waals surface area contributed by atoms with Gasteiger partial charge in [0.2, 0.25) is 0 Å². The fourth-order valence-electron chi connectivity index (χ4n) is 0.541. The number of benzene rings is 1. The van der Waals surface area contributed by atoms with Crippen molar-refractivity contribution in [3.63, 3.8) is 0 Å². The zero-order chi connectivity index (χ0) is 6.69. The Morgan fingerprint density at radius 2 is 1.70 bits per heavy atom. The van der Waals surface area contributed by atoms with Crippen LogP contribution in [0.5, 0.6) is 0 Å². The van der Waals surface area contributed by atoms with Crippen molar-refractivity contribution in [2.24, 2.45) is 0 Å². The van der Waals surface area contributed by atoms with Gasteiger partial charge < -0.3 is 0 Å². The van der Waals surface area contributed by atoms with Gasteiger partial charge in [-0.25, -0.2) is 0 Å². The Morgan fingerprint density at radius 3 is 2.10 bits per heavy atom. The molecule has 1 nitrogen and oxygen atoms in total. The van der Waals surface area contributed by atoms with Crippen molar-refractivity contribution < 1.29 is 4.79 Å². The predicted octanol–water partition coefficient (Wildman–Crippen LogP) is 2.68. The first-order valence-electron chi connectivity index (χ1n) is 2.53. The lowest BCUT2D eigenvalue weighted by Gasteiger charge is -1.87. The maximum Gasteiger partial charge on any atom is 0.150 e. The fraction of sp³-hybridized carbons (Fsp3) is 0. The van der Waals surface area contributed by atoms with Crippen LogP contribution in [-0.2, 0) is 0 Å². The van der Waals surface area contributed by atoms with Gasteiger partial charge in [-0.15, -0.1) is 12.4 Å². The van der Waals surface area contributed by atoms with E-state index in [2.05, 4.69) is 15.9 Å². The van der Waals surface area contributed by atoms with Crippen molar-refractivity contribution in [2.75, 3.05) is 0 Å². The highest BCUT2D eigenvalue weighted by molar-refractivity contribution is 9.10. The highest BCUT2D eigenvalue weighted by Gasteiger charge is 1.86. The average molecular weight is 221 g/mol. The van der Waals surface area contributed by atoms with Crippen LogP contribution in [0.1, 0.15) is 10.4 Å². The molecule has 1 aromatic rings. The number of halogens is 2. The number of hydrogen-bond donors (Lipinski definition) is 0. The third-order valence-electron chi connectivity index (χ3n) is 1.01. The second kappa shape index (κ2) is 4.47. The van der Waals surface area contributed by atoms with E-state index < -0.39 is 0 Å². The molecule has 0 aliphatic carbocycles. The van der Waals surface area contributed by atoms with E-state index in [4.69, 9.17) is 0 Å². The number of aldehydes is 1. The van der Waals surface area contributed by atoms with Gasteiger partial charge in [-0.3, -0.25) is 4.79 Å². The number of carbonyl (C=O) groups is 1. The Bertz CT molecular complexity index is 207. The molecule has 0 saturated carbocycles. The van der Waals surface area contributed by atoms with Crippen LogP contribution in [0.4, 0.5) is 0 Å². The van der Waals surface area contributed by atoms with E-state index >= 15 is 0 Å². The molecule has 0 heterocycles. The van der Waals surface area contributed by atoms with Gasteiger partial charge in [0, 0.05) is 10.0 Å². The molecular weight excluding hydrogens is 215 g/mol. The summed E-state index contributed by atoms with van der Waals surface area (Å²) in [6, 6.07) is 7.20. The van der Waals surface area contributed by atoms with Gasteiger partial charge in [-0.05, 0) is 12.1 Å². The summed E-state index contributed by atoms with van der Waals surface area (Å²) < 4.78 is 0.994. The highest BCUT2D eigenvalue weighted by atomic mass is 79.9. The van der Waals surface area contributed by atoms with Crippen molar-refractivity contribution in [3.05, 3.63) is 34.3 Å². The van der Waals surface area contributed by atoms with Crippen LogP contribution in [0.3, 0.4) is 0 Å². The summed E-state index contributed by atoms with van der Waals surface area (Å²) in [7, 11) is 0. The summed E-state index contributed by atoms with van der Waals surface area (Å²) in [4.78, 5) is 10.1. The second-order valence-corrected chi connectivity index (χ2v) is 2.59. The molecular formula is C7H6BrClO. The van der Waals surface area contributed by atoms with Gasteiger partial charge in [-0.2, -0.15) is 0 Å².